The lowest BCUT2D eigenvalue weighted by atomic mass is 10.1. The molecule has 1 aliphatic rings. The van der Waals surface area contributed by atoms with Crippen LogP contribution in [0.15, 0.2) is 5.38 Å². The van der Waals surface area contributed by atoms with Gasteiger partial charge in [0.15, 0.2) is 0 Å². The van der Waals surface area contributed by atoms with E-state index >= 15 is 0 Å². The number of carbonyl (C=O) groups is 1. The van der Waals surface area contributed by atoms with E-state index in [2.05, 4.69) is 15.7 Å². The highest BCUT2D eigenvalue weighted by Gasteiger charge is 2.25. The number of aromatic nitrogens is 1. The van der Waals surface area contributed by atoms with Crippen molar-refractivity contribution in [1.82, 2.24) is 15.2 Å². The molecule has 1 fully saturated rings. The molecule has 5 nitrogen and oxygen atoms in total. The summed E-state index contributed by atoms with van der Waals surface area (Å²) in [6.45, 7) is 4.34. The van der Waals surface area contributed by atoms with Crippen molar-refractivity contribution in [3.05, 3.63) is 16.1 Å². The maximum atomic E-state index is 11.9. The van der Waals surface area contributed by atoms with Gasteiger partial charge in [-0.2, -0.15) is 0 Å². The normalized spacial score (nSPS) is 18.5. The number of thiazole rings is 1. The maximum absolute atomic E-state index is 11.9. The first-order chi connectivity index (χ1) is 9.69. The average molecular weight is 297 g/mol. The van der Waals surface area contributed by atoms with E-state index in [9.17, 15) is 4.79 Å². The summed E-state index contributed by atoms with van der Waals surface area (Å²) in [6.07, 6.45) is 3.92. The fourth-order valence-corrected chi connectivity index (χ4v) is 3.21. The first-order valence-electron chi connectivity index (χ1n) is 7.23. The van der Waals surface area contributed by atoms with Gasteiger partial charge >= 0.3 is 6.03 Å². The van der Waals surface area contributed by atoms with Crippen LogP contribution in [-0.2, 0) is 6.42 Å². The summed E-state index contributed by atoms with van der Waals surface area (Å²) < 4.78 is 0. The number of amides is 2. The van der Waals surface area contributed by atoms with Crippen LogP contribution in [0.1, 0.15) is 30.0 Å². The lowest BCUT2D eigenvalue weighted by Gasteiger charge is -2.16. The summed E-state index contributed by atoms with van der Waals surface area (Å²) in [5, 5.41) is 15.3. The SMILES string of the molecule is Cc1csc(CCCCNC(=O)N2CCC(CO)C2)n1. The molecule has 0 saturated carbocycles. The van der Waals surface area contributed by atoms with Gasteiger partial charge in [0.1, 0.15) is 0 Å². The van der Waals surface area contributed by atoms with Gasteiger partial charge in [-0.3, -0.25) is 0 Å². The molecule has 1 aromatic heterocycles. The highest BCUT2D eigenvalue weighted by atomic mass is 32.1. The molecular weight excluding hydrogens is 274 g/mol. The van der Waals surface area contributed by atoms with Gasteiger partial charge in [-0.15, -0.1) is 11.3 Å². The zero-order chi connectivity index (χ0) is 14.4. The molecule has 2 rings (SSSR count). The minimum atomic E-state index is 0.00560. The van der Waals surface area contributed by atoms with Crippen molar-refractivity contribution in [3.63, 3.8) is 0 Å². The Morgan fingerprint density at radius 1 is 1.60 bits per heavy atom. The summed E-state index contributed by atoms with van der Waals surface area (Å²) in [5.74, 6) is 0.258. The first-order valence-corrected chi connectivity index (χ1v) is 8.11. The van der Waals surface area contributed by atoms with E-state index in [4.69, 9.17) is 5.11 Å². The van der Waals surface area contributed by atoms with Gasteiger partial charge in [0.25, 0.3) is 0 Å². The monoisotopic (exact) mass is 297 g/mol. The van der Waals surface area contributed by atoms with Crippen molar-refractivity contribution in [2.75, 3.05) is 26.2 Å². The van der Waals surface area contributed by atoms with Crippen molar-refractivity contribution in [3.8, 4) is 0 Å². The number of hydrogen-bond donors (Lipinski definition) is 2. The minimum absolute atomic E-state index is 0.00560. The second kappa shape index (κ2) is 7.59. The molecule has 1 unspecified atom stereocenters. The van der Waals surface area contributed by atoms with Crippen LogP contribution in [0.25, 0.3) is 0 Å². The van der Waals surface area contributed by atoms with Crippen LogP contribution >= 0.6 is 11.3 Å². The Balaban J connectivity index is 1.56. The van der Waals surface area contributed by atoms with Gasteiger partial charge in [-0.1, -0.05) is 0 Å². The van der Waals surface area contributed by atoms with Gasteiger partial charge in [-0.05, 0) is 32.6 Å². The van der Waals surface area contributed by atoms with E-state index in [1.807, 2.05) is 6.92 Å². The Labute approximate surface area is 124 Å². The summed E-state index contributed by atoms with van der Waals surface area (Å²) in [4.78, 5) is 18.1. The first kappa shape index (κ1) is 15.3. The number of aliphatic hydroxyl groups excluding tert-OH is 1. The van der Waals surface area contributed by atoms with Crippen molar-refractivity contribution in [1.29, 1.82) is 0 Å². The Bertz CT molecular complexity index is 436. The van der Waals surface area contributed by atoms with Gasteiger partial charge in [0.2, 0.25) is 0 Å². The van der Waals surface area contributed by atoms with Crippen LogP contribution in [0.5, 0.6) is 0 Å². The lowest BCUT2D eigenvalue weighted by molar-refractivity contribution is 0.198. The number of aryl methyl sites for hydroxylation is 2. The predicted molar refractivity (Wildman–Crippen MR) is 80.0 cm³/mol. The summed E-state index contributed by atoms with van der Waals surface area (Å²) in [7, 11) is 0. The maximum Gasteiger partial charge on any atom is 0.317 e. The van der Waals surface area contributed by atoms with Crippen molar-refractivity contribution in [2.24, 2.45) is 5.92 Å². The largest absolute Gasteiger partial charge is 0.396 e. The number of hydrogen-bond acceptors (Lipinski definition) is 4. The van der Waals surface area contributed by atoms with Crippen LogP contribution in [0.3, 0.4) is 0 Å². The molecule has 2 heterocycles. The molecule has 1 atom stereocenters. The van der Waals surface area contributed by atoms with Gasteiger partial charge in [0, 0.05) is 43.2 Å². The molecule has 1 saturated heterocycles. The Kier molecular flexibility index (Phi) is 5.79. The predicted octanol–water partition coefficient (Wildman–Crippen LogP) is 1.80. The zero-order valence-electron chi connectivity index (χ0n) is 12.0. The molecule has 0 bridgehead atoms. The average Bonchev–Trinajstić information content (AvgIpc) is 3.07. The third-order valence-corrected chi connectivity index (χ3v) is 4.62. The number of likely N-dealkylation sites (tertiary alicyclic amines) is 1. The molecule has 0 spiro atoms. The Morgan fingerprint density at radius 3 is 3.10 bits per heavy atom. The molecule has 2 amide bonds. The van der Waals surface area contributed by atoms with Crippen molar-refractivity contribution in [2.45, 2.75) is 32.6 Å². The highest BCUT2D eigenvalue weighted by molar-refractivity contribution is 7.09. The summed E-state index contributed by atoms with van der Waals surface area (Å²) >= 11 is 1.71. The molecule has 112 valence electrons. The zero-order valence-corrected chi connectivity index (χ0v) is 12.8. The van der Waals surface area contributed by atoms with Crippen LogP contribution in [0.2, 0.25) is 0 Å². The summed E-state index contributed by atoms with van der Waals surface area (Å²) in [5.41, 5.74) is 1.09. The molecule has 1 aliphatic heterocycles. The molecule has 0 aromatic carbocycles. The van der Waals surface area contributed by atoms with Crippen LogP contribution in [0.4, 0.5) is 4.79 Å². The second-order valence-corrected chi connectivity index (χ2v) is 6.30. The Morgan fingerprint density at radius 2 is 2.45 bits per heavy atom. The molecule has 20 heavy (non-hydrogen) atoms. The number of urea groups is 1. The fourth-order valence-electron chi connectivity index (χ4n) is 2.39. The molecule has 6 heteroatoms. The van der Waals surface area contributed by atoms with E-state index in [1.54, 1.807) is 16.2 Å². The molecule has 2 N–H and O–H groups in total. The Hall–Kier alpha value is -1.14. The topological polar surface area (TPSA) is 65.5 Å². The molecular formula is C14H23N3O2S. The number of unbranched alkanes of at least 4 members (excludes halogenated alkanes) is 1. The van der Waals surface area contributed by atoms with Gasteiger partial charge in [0.05, 0.1) is 5.01 Å². The quantitative estimate of drug-likeness (QED) is 0.787. The van der Waals surface area contributed by atoms with Crippen LogP contribution < -0.4 is 5.32 Å². The second-order valence-electron chi connectivity index (χ2n) is 5.35. The lowest BCUT2D eigenvalue weighted by Crippen LogP contribution is -2.39. The van der Waals surface area contributed by atoms with Gasteiger partial charge < -0.3 is 15.3 Å². The third-order valence-electron chi connectivity index (χ3n) is 3.59. The number of aliphatic hydroxyl groups is 1. The van der Waals surface area contributed by atoms with E-state index in [0.717, 1.165) is 37.9 Å². The van der Waals surface area contributed by atoms with Crippen molar-refractivity contribution < 1.29 is 9.90 Å². The number of rotatable bonds is 6. The minimum Gasteiger partial charge on any atom is -0.396 e. The summed E-state index contributed by atoms with van der Waals surface area (Å²) in [6, 6.07) is 0.00560. The highest BCUT2D eigenvalue weighted by Crippen LogP contribution is 2.15. The van der Waals surface area contributed by atoms with E-state index in [-0.39, 0.29) is 18.6 Å². The van der Waals surface area contributed by atoms with Gasteiger partial charge in [-0.25, -0.2) is 9.78 Å². The molecule has 1 aromatic rings. The molecule has 0 radical (unpaired) electrons. The van der Waals surface area contributed by atoms with Crippen molar-refractivity contribution >= 4 is 17.4 Å². The van der Waals surface area contributed by atoms with Crippen LogP contribution in [0, 0.1) is 12.8 Å². The number of nitrogens with zero attached hydrogens (tertiary/aromatic N) is 2. The molecule has 0 aliphatic carbocycles. The smallest absolute Gasteiger partial charge is 0.317 e. The number of carbonyl (C=O) groups excluding carboxylic acids is 1. The van der Waals surface area contributed by atoms with E-state index in [1.165, 1.54) is 5.01 Å². The van der Waals surface area contributed by atoms with Crippen LogP contribution in [-0.4, -0.2) is 47.3 Å². The third kappa shape index (κ3) is 4.45. The number of nitrogens with one attached hydrogen (secondary N) is 1. The van der Waals surface area contributed by atoms with E-state index < -0.39 is 0 Å². The standard InChI is InChI=1S/C14H23N3O2S/c1-11-10-20-13(16-11)4-2-3-6-15-14(19)17-7-5-12(8-17)9-18/h10,12,18H,2-9H2,1H3,(H,15,19). The fraction of sp³-hybridized carbons (Fsp3) is 0.714. The van der Waals surface area contributed by atoms with E-state index in [0.29, 0.717) is 13.1 Å².